The second kappa shape index (κ2) is 3.23. The molecule has 1 aromatic rings. The van der Waals surface area contributed by atoms with Crippen molar-refractivity contribution in [3.05, 3.63) is 11.6 Å². The summed E-state index contributed by atoms with van der Waals surface area (Å²) in [6.07, 6.45) is -3.33. The maximum Gasteiger partial charge on any atom is 0.453 e. The molecule has 4 nitrogen and oxygen atoms in total. The van der Waals surface area contributed by atoms with Gasteiger partial charge in [0.1, 0.15) is 6.10 Å². The zero-order chi connectivity index (χ0) is 10.2. The minimum Gasteiger partial charge on any atom is -0.370 e. The molecule has 0 aromatic carbocycles. The van der Waals surface area contributed by atoms with E-state index in [1.807, 2.05) is 0 Å². The lowest BCUT2D eigenvalue weighted by molar-refractivity contribution is -0.144. The number of aromatic amines is 1. The highest BCUT2D eigenvalue weighted by Gasteiger charge is 2.37. The van der Waals surface area contributed by atoms with Gasteiger partial charge in [-0.25, -0.2) is 4.98 Å². The predicted octanol–water partition coefficient (Wildman–Crippen LogP) is 1.67. The van der Waals surface area contributed by atoms with E-state index in [4.69, 9.17) is 4.74 Å². The van der Waals surface area contributed by atoms with Gasteiger partial charge < -0.3 is 4.74 Å². The fourth-order valence-corrected chi connectivity index (χ4v) is 1.34. The fraction of sp³-hybridized carbons (Fsp3) is 0.714. The van der Waals surface area contributed by atoms with Crippen LogP contribution in [0.1, 0.15) is 30.6 Å². The standard InChI is InChI=1S/C7H8F3N3O/c8-7(9,10)6-11-5(12-13-6)4-2-1-3-14-4/h4H,1-3H2,(H,11,12,13). The molecule has 78 valence electrons. The fourth-order valence-electron chi connectivity index (χ4n) is 1.34. The summed E-state index contributed by atoms with van der Waals surface area (Å²) in [4.78, 5) is 3.35. The largest absolute Gasteiger partial charge is 0.453 e. The second-order valence-electron chi connectivity index (χ2n) is 3.04. The first-order valence-corrected chi connectivity index (χ1v) is 4.18. The summed E-state index contributed by atoms with van der Waals surface area (Å²) in [5.74, 6) is -0.974. The Morgan fingerprint density at radius 2 is 2.21 bits per heavy atom. The number of halogens is 3. The molecule has 0 bridgehead atoms. The maximum absolute atomic E-state index is 12.1. The Morgan fingerprint density at radius 3 is 2.71 bits per heavy atom. The molecule has 0 amide bonds. The highest BCUT2D eigenvalue weighted by Crippen LogP contribution is 2.29. The molecule has 1 aliphatic rings. The summed E-state index contributed by atoms with van der Waals surface area (Å²) >= 11 is 0. The molecule has 2 rings (SSSR count). The average Bonchev–Trinajstić information content (AvgIpc) is 2.73. The molecule has 2 heterocycles. The topological polar surface area (TPSA) is 50.8 Å². The molecule has 1 unspecified atom stereocenters. The normalized spacial score (nSPS) is 22.9. The number of hydrogen-bond donors (Lipinski definition) is 1. The van der Waals surface area contributed by atoms with Crippen molar-refractivity contribution in [3.63, 3.8) is 0 Å². The van der Waals surface area contributed by atoms with Crippen LogP contribution in [0.5, 0.6) is 0 Å². The summed E-state index contributed by atoms with van der Waals surface area (Å²) < 4.78 is 41.5. The lowest BCUT2D eigenvalue weighted by Gasteiger charge is -2.03. The highest BCUT2D eigenvalue weighted by molar-refractivity contribution is 4.98. The van der Waals surface area contributed by atoms with Crippen LogP contribution in [0.4, 0.5) is 13.2 Å². The van der Waals surface area contributed by atoms with E-state index in [9.17, 15) is 13.2 Å². The molecule has 0 radical (unpaired) electrons. The zero-order valence-corrected chi connectivity index (χ0v) is 7.14. The first-order valence-electron chi connectivity index (χ1n) is 4.18. The molecule has 0 aliphatic carbocycles. The average molecular weight is 207 g/mol. The van der Waals surface area contributed by atoms with Crippen molar-refractivity contribution < 1.29 is 17.9 Å². The third-order valence-electron chi connectivity index (χ3n) is 1.99. The van der Waals surface area contributed by atoms with Gasteiger partial charge in [0.15, 0.2) is 5.82 Å². The van der Waals surface area contributed by atoms with E-state index in [1.54, 1.807) is 0 Å². The lowest BCUT2D eigenvalue weighted by atomic mass is 10.2. The van der Waals surface area contributed by atoms with Gasteiger partial charge in [0.05, 0.1) is 0 Å². The molecule has 1 atom stereocenters. The van der Waals surface area contributed by atoms with E-state index in [-0.39, 0.29) is 11.9 Å². The molecule has 0 saturated carbocycles. The molecule has 7 heteroatoms. The summed E-state index contributed by atoms with van der Waals surface area (Å²) in [5, 5.41) is 5.34. The number of rotatable bonds is 1. The second-order valence-corrected chi connectivity index (χ2v) is 3.04. The smallest absolute Gasteiger partial charge is 0.370 e. The van der Waals surface area contributed by atoms with Crippen LogP contribution in [0.2, 0.25) is 0 Å². The summed E-state index contributed by atoms with van der Waals surface area (Å²) in [6.45, 7) is 0.562. The Morgan fingerprint density at radius 1 is 1.43 bits per heavy atom. The van der Waals surface area contributed by atoms with Crippen molar-refractivity contribution >= 4 is 0 Å². The number of nitrogens with one attached hydrogen (secondary N) is 1. The number of ether oxygens (including phenoxy) is 1. The Balaban J connectivity index is 2.17. The van der Waals surface area contributed by atoms with Gasteiger partial charge in [0, 0.05) is 6.61 Å². The third-order valence-corrected chi connectivity index (χ3v) is 1.99. The van der Waals surface area contributed by atoms with Crippen molar-refractivity contribution in [2.75, 3.05) is 6.61 Å². The minimum absolute atomic E-state index is 0.162. The summed E-state index contributed by atoms with van der Waals surface area (Å²) in [6, 6.07) is 0. The Labute approximate surface area is 77.5 Å². The van der Waals surface area contributed by atoms with Gasteiger partial charge in [-0.2, -0.15) is 13.2 Å². The van der Waals surface area contributed by atoms with E-state index in [0.29, 0.717) is 13.0 Å². The molecular weight excluding hydrogens is 199 g/mol. The van der Waals surface area contributed by atoms with Crippen LogP contribution in [0.15, 0.2) is 0 Å². The van der Waals surface area contributed by atoms with Crippen LogP contribution < -0.4 is 0 Å². The Kier molecular flexibility index (Phi) is 2.18. The van der Waals surface area contributed by atoms with E-state index in [1.165, 1.54) is 0 Å². The van der Waals surface area contributed by atoms with Crippen molar-refractivity contribution in [1.29, 1.82) is 0 Å². The van der Waals surface area contributed by atoms with Crippen molar-refractivity contribution in [2.45, 2.75) is 25.1 Å². The van der Waals surface area contributed by atoms with Gasteiger partial charge in [-0.15, -0.1) is 5.10 Å². The Bertz CT molecular complexity index is 316. The van der Waals surface area contributed by atoms with Gasteiger partial charge >= 0.3 is 6.18 Å². The molecular formula is C7H8F3N3O. The van der Waals surface area contributed by atoms with E-state index < -0.39 is 12.0 Å². The molecule has 14 heavy (non-hydrogen) atoms. The van der Waals surface area contributed by atoms with Gasteiger partial charge in [0.2, 0.25) is 0 Å². The maximum atomic E-state index is 12.1. The van der Waals surface area contributed by atoms with Crippen molar-refractivity contribution in [1.82, 2.24) is 15.2 Å². The minimum atomic E-state index is -4.49. The summed E-state index contributed by atoms with van der Waals surface area (Å²) in [5.41, 5.74) is 0. The van der Waals surface area contributed by atoms with Gasteiger partial charge in [-0.1, -0.05) is 0 Å². The molecule has 1 saturated heterocycles. The molecule has 1 aliphatic heterocycles. The number of H-pyrrole nitrogens is 1. The van der Waals surface area contributed by atoms with Gasteiger partial charge in [-0.05, 0) is 12.8 Å². The van der Waals surface area contributed by atoms with E-state index in [0.717, 1.165) is 6.42 Å². The van der Waals surface area contributed by atoms with Crippen molar-refractivity contribution in [2.24, 2.45) is 0 Å². The van der Waals surface area contributed by atoms with E-state index in [2.05, 4.69) is 15.2 Å². The van der Waals surface area contributed by atoms with Crippen molar-refractivity contribution in [3.8, 4) is 0 Å². The number of nitrogens with zero attached hydrogens (tertiary/aromatic N) is 2. The first-order chi connectivity index (χ1) is 6.57. The molecule has 1 fully saturated rings. The number of aromatic nitrogens is 3. The quantitative estimate of drug-likeness (QED) is 0.762. The van der Waals surface area contributed by atoms with Gasteiger partial charge in [0.25, 0.3) is 5.82 Å². The first kappa shape index (κ1) is 9.45. The number of alkyl halides is 3. The van der Waals surface area contributed by atoms with Crippen LogP contribution in [0, 0.1) is 0 Å². The van der Waals surface area contributed by atoms with Crippen LogP contribution >= 0.6 is 0 Å². The predicted molar refractivity (Wildman–Crippen MR) is 39.3 cm³/mol. The summed E-state index contributed by atoms with van der Waals surface area (Å²) in [7, 11) is 0. The molecule has 1 N–H and O–H groups in total. The highest BCUT2D eigenvalue weighted by atomic mass is 19.4. The molecule has 1 aromatic heterocycles. The van der Waals surface area contributed by atoms with Crippen LogP contribution in [0.25, 0.3) is 0 Å². The lowest BCUT2D eigenvalue weighted by Crippen LogP contribution is -2.07. The van der Waals surface area contributed by atoms with Crippen LogP contribution in [-0.2, 0) is 10.9 Å². The van der Waals surface area contributed by atoms with Crippen LogP contribution in [0.3, 0.4) is 0 Å². The van der Waals surface area contributed by atoms with E-state index >= 15 is 0 Å². The van der Waals surface area contributed by atoms with Crippen LogP contribution in [-0.4, -0.2) is 21.8 Å². The number of hydrogen-bond acceptors (Lipinski definition) is 3. The monoisotopic (exact) mass is 207 g/mol. The SMILES string of the molecule is FC(F)(F)c1n[nH]c(C2CCCO2)n1. The van der Waals surface area contributed by atoms with Gasteiger partial charge in [-0.3, -0.25) is 5.10 Å². The third kappa shape index (κ3) is 1.72. The Hall–Kier alpha value is -1.11. The molecule has 0 spiro atoms. The zero-order valence-electron chi connectivity index (χ0n) is 7.14.